The molecule has 0 spiro atoms. The van der Waals surface area contributed by atoms with Crippen LogP contribution in [0.25, 0.3) is 0 Å². The van der Waals surface area contributed by atoms with Gasteiger partial charge in [-0.15, -0.1) is 11.3 Å². The third-order valence-electron chi connectivity index (χ3n) is 5.41. The Labute approximate surface area is 192 Å². The van der Waals surface area contributed by atoms with Gasteiger partial charge in [0.05, 0.1) is 29.3 Å². The number of benzene rings is 1. The predicted molar refractivity (Wildman–Crippen MR) is 123 cm³/mol. The van der Waals surface area contributed by atoms with Gasteiger partial charge in [0, 0.05) is 37.6 Å². The van der Waals surface area contributed by atoms with Gasteiger partial charge in [0.15, 0.2) is 11.5 Å². The second-order valence-corrected chi connectivity index (χ2v) is 9.71. The molecule has 0 bridgehead atoms. The van der Waals surface area contributed by atoms with E-state index < -0.39 is 4.92 Å². The zero-order valence-electron chi connectivity index (χ0n) is 19.0. The highest BCUT2D eigenvalue weighted by Crippen LogP contribution is 2.36. The van der Waals surface area contributed by atoms with Crippen molar-refractivity contribution in [3.8, 4) is 11.5 Å². The summed E-state index contributed by atoms with van der Waals surface area (Å²) in [7, 11) is 1.44. The minimum Gasteiger partial charge on any atom is -0.493 e. The first-order valence-electron chi connectivity index (χ1n) is 10.6. The minimum absolute atomic E-state index is 0.0102. The molecule has 10 heteroatoms. The lowest BCUT2D eigenvalue weighted by Gasteiger charge is -2.36. The lowest BCUT2D eigenvalue weighted by atomic mass is 9.92. The molecule has 1 aliphatic rings. The Kier molecular flexibility index (Phi) is 7.68. The number of amides is 1. The van der Waals surface area contributed by atoms with Crippen molar-refractivity contribution in [2.75, 3.05) is 39.8 Å². The standard InChI is InChI=1S/C22H30N4O5S/c1-22(2,3)5-6-24-7-9-25(10-8-24)21(27)17-11-19(30-4)20(12-18(17)26(28)29)31-13-16-14-32-15-23-16/h11-12,14-15H,5-10,13H2,1-4H3. The van der Waals surface area contributed by atoms with Gasteiger partial charge in [-0.2, -0.15) is 0 Å². The Morgan fingerprint density at radius 1 is 1.22 bits per heavy atom. The van der Waals surface area contributed by atoms with Gasteiger partial charge in [-0.05, 0) is 18.4 Å². The molecule has 32 heavy (non-hydrogen) atoms. The highest BCUT2D eigenvalue weighted by molar-refractivity contribution is 7.07. The van der Waals surface area contributed by atoms with Crippen molar-refractivity contribution < 1.29 is 19.2 Å². The number of carbonyl (C=O) groups excluding carboxylic acids is 1. The summed E-state index contributed by atoms with van der Waals surface area (Å²) >= 11 is 1.43. The molecule has 174 valence electrons. The highest BCUT2D eigenvalue weighted by Gasteiger charge is 2.30. The van der Waals surface area contributed by atoms with Crippen LogP contribution in [0.15, 0.2) is 23.0 Å². The molecule has 0 saturated carbocycles. The number of hydrogen-bond donors (Lipinski definition) is 0. The molecule has 9 nitrogen and oxygen atoms in total. The molecule has 3 rings (SSSR count). The molecule has 2 aromatic rings. The van der Waals surface area contributed by atoms with E-state index in [0.717, 1.165) is 26.1 Å². The van der Waals surface area contributed by atoms with E-state index in [4.69, 9.17) is 9.47 Å². The lowest BCUT2D eigenvalue weighted by Crippen LogP contribution is -2.49. The van der Waals surface area contributed by atoms with E-state index in [-0.39, 0.29) is 40.7 Å². The second-order valence-electron chi connectivity index (χ2n) is 8.99. The maximum absolute atomic E-state index is 13.2. The average Bonchev–Trinajstić information content (AvgIpc) is 3.28. The molecule has 1 aliphatic heterocycles. The van der Waals surface area contributed by atoms with E-state index in [9.17, 15) is 14.9 Å². The molecule has 1 aromatic heterocycles. The van der Waals surface area contributed by atoms with Crippen LogP contribution in [0.3, 0.4) is 0 Å². The van der Waals surface area contributed by atoms with Gasteiger partial charge in [-0.1, -0.05) is 20.8 Å². The van der Waals surface area contributed by atoms with Gasteiger partial charge >= 0.3 is 0 Å². The molecule has 0 unspecified atom stereocenters. The number of thiazole rings is 1. The van der Waals surface area contributed by atoms with Crippen LogP contribution >= 0.6 is 11.3 Å². The quantitative estimate of drug-likeness (QED) is 0.434. The van der Waals surface area contributed by atoms with Gasteiger partial charge in [0.2, 0.25) is 0 Å². The van der Waals surface area contributed by atoms with Crippen LogP contribution in [0.5, 0.6) is 11.5 Å². The molecule has 0 aliphatic carbocycles. The smallest absolute Gasteiger partial charge is 0.286 e. The van der Waals surface area contributed by atoms with Crippen LogP contribution in [-0.4, -0.2) is 65.4 Å². The summed E-state index contributed by atoms with van der Waals surface area (Å²) in [5.74, 6) is 0.116. The van der Waals surface area contributed by atoms with Crippen molar-refractivity contribution in [1.29, 1.82) is 0 Å². The van der Waals surface area contributed by atoms with E-state index in [2.05, 4.69) is 30.7 Å². The molecule has 0 atom stereocenters. The fourth-order valence-corrected chi connectivity index (χ4v) is 3.99. The summed E-state index contributed by atoms with van der Waals surface area (Å²) in [6.45, 7) is 10.3. The number of carbonyl (C=O) groups is 1. The number of ether oxygens (including phenoxy) is 2. The molecule has 2 heterocycles. The zero-order valence-corrected chi connectivity index (χ0v) is 19.8. The third-order valence-corrected chi connectivity index (χ3v) is 6.04. The lowest BCUT2D eigenvalue weighted by molar-refractivity contribution is -0.385. The van der Waals surface area contributed by atoms with Crippen molar-refractivity contribution in [2.45, 2.75) is 33.8 Å². The summed E-state index contributed by atoms with van der Waals surface area (Å²) in [5.41, 5.74) is 2.37. The molecular weight excluding hydrogens is 432 g/mol. The van der Waals surface area contributed by atoms with Gasteiger partial charge in [0.25, 0.3) is 11.6 Å². The highest BCUT2D eigenvalue weighted by atomic mass is 32.1. The molecule has 1 saturated heterocycles. The number of hydrogen-bond acceptors (Lipinski definition) is 8. The Morgan fingerprint density at radius 3 is 2.50 bits per heavy atom. The number of nitro groups is 1. The normalized spacial score (nSPS) is 14.9. The number of methoxy groups -OCH3 is 1. The topological polar surface area (TPSA) is 98.0 Å². The van der Waals surface area contributed by atoms with E-state index >= 15 is 0 Å². The van der Waals surface area contributed by atoms with E-state index in [1.165, 1.54) is 30.6 Å². The molecule has 1 aromatic carbocycles. The monoisotopic (exact) mass is 462 g/mol. The number of nitrogens with zero attached hydrogens (tertiary/aromatic N) is 4. The van der Waals surface area contributed by atoms with Gasteiger partial charge in [-0.25, -0.2) is 4.98 Å². The average molecular weight is 463 g/mol. The Bertz CT molecular complexity index is 935. The van der Waals surface area contributed by atoms with Crippen LogP contribution in [0.2, 0.25) is 0 Å². The largest absolute Gasteiger partial charge is 0.493 e. The van der Waals surface area contributed by atoms with Gasteiger partial charge < -0.3 is 14.4 Å². The molecule has 0 N–H and O–H groups in total. The van der Waals surface area contributed by atoms with Gasteiger partial charge in [-0.3, -0.25) is 19.8 Å². The van der Waals surface area contributed by atoms with E-state index in [0.29, 0.717) is 18.8 Å². The second kappa shape index (κ2) is 10.3. The van der Waals surface area contributed by atoms with Crippen molar-refractivity contribution >= 4 is 22.9 Å². The first kappa shape index (κ1) is 23.9. The van der Waals surface area contributed by atoms with Crippen LogP contribution in [-0.2, 0) is 6.61 Å². The van der Waals surface area contributed by atoms with Crippen LogP contribution in [0.1, 0.15) is 43.2 Å². The van der Waals surface area contributed by atoms with Crippen LogP contribution in [0, 0.1) is 15.5 Å². The summed E-state index contributed by atoms with van der Waals surface area (Å²) in [6.07, 6.45) is 1.08. The number of piperazine rings is 1. The van der Waals surface area contributed by atoms with Crippen molar-refractivity contribution in [2.24, 2.45) is 5.41 Å². The summed E-state index contributed by atoms with van der Waals surface area (Å²) < 4.78 is 11.1. The number of rotatable bonds is 8. The van der Waals surface area contributed by atoms with E-state index in [1.807, 2.05) is 5.38 Å². The van der Waals surface area contributed by atoms with E-state index in [1.54, 1.807) is 10.4 Å². The summed E-state index contributed by atoms with van der Waals surface area (Å²) in [5, 5.41) is 13.6. The van der Waals surface area contributed by atoms with Crippen LogP contribution < -0.4 is 9.47 Å². The predicted octanol–water partition coefficient (Wildman–Crippen LogP) is 3.83. The fourth-order valence-electron chi connectivity index (χ4n) is 3.44. The Hall–Kier alpha value is -2.72. The molecule has 1 amide bonds. The Balaban J connectivity index is 1.73. The third kappa shape index (κ3) is 6.17. The SMILES string of the molecule is COc1cc(C(=O)N2CCN(CCC(C)(C)C)CC2)c([N+](=O)[O-])cc1OCc1cscn1. The fraction of sp³-hybridized carbons (Fsp3) is 0.545. The molecular formula is C22H30N4O5S. The molecule has 0 radical (unpaired) electrons. The maximum atomic E-state index is 13.2. The first-order valence-corrected chi connectivity index (χ1v) is 11.5. The number of aromatic nitrogens is 1. The Morgan fingerprint density at radius 2 is 1.94 bits per heavy atom. The minimum atomic E-state index is -0.554. The van der Waals surface area contributed by atoms with Crippen molar-refractivity contribution in [3.63, 3.8) is 0 Å². The van der Waals surface area contributed by atoms with Crippen molar-refractivity contribution in [1.82, 2.24) is 14.8 Å². The van der Waals surface area contributed by atoms with Gasteiger partial charge in [0.1, 0.15) is 12.2 Å². The summed E-state index contributed by atoms with van der Waals surface area (Å²) in [4.78, 5) is 32.5. The summed E-state index contributed by atoms with van der Waals surface area (Å²) in [6, 6.07) is 2.67. The zero-order chi connectivity index (χ0) is 23.3. The maximum Gasteiger partial charge on any atom is 0.286 e. The first-order chi connectivity index (χ1) is 15.2. The van der Waals surface area contributed by atoms with Crippen LogP contribution in [0.4, 0.5) is 5.69 Å². The number of nitro benzene ring substituents is 1. The van der Waals surface area contributed by atoms with Crippen molar-refractivity contribution in [3.05, 3.63) is 44.4 Å². The molecule has 1 fully saturated rings.